The van der Waals surface area contributed by atoms with Gasteiger partial charge < -0.3 is 5.32 Å². The third-order valence-corrected chi connectivity index (χ3v) is 5.59. The fourth-order valence-electron chi connectivity index (χ4n) is 2.93. The molecule has 3 aromatic rings. The number of sulfonamides is 1. The van der Waals surface area contributed by atoms with Crippen LogP contribution < -0.4 is 9.62 Å². The highest BCUT2D eigenvalue weighted by Gasteiger charge is 2.23. The molecule has 29 heavy (non-hydrogen) atoms. The standard InChI is InChI=1S/C20H21ClN4O3S/c1-14-7-4-5-10-18(14)24(29(3,27)28)13-20(26)22-19-11-15(2)23-25(19)17-9-6-8-16(21)12-17/h4-12H,13H2,1-3H3,(H,22,26). The van der Waals surface area contributed by atoms with Crippen molar-refractivity contribution in [3.05, 3.63) is 70.9 Å². The lowest BCUT2D eigenvalue weighted by atomic mass is 10.2. The Morgan fingerprint density at radius 3 is 2.52 bits per heavy atom. The molecule has 3 rings (SSSR count). The number of carbonyl (C=O) groups excluding carboxylic acids is 1. The van der Waals surface area contributed by atoms with E-state index in [-0.39, 0.29) is 6.54 Å². The van der Waals surface area contributed by atoms with Gasteiger partial charge in [-0.15, -0.1) is 0 Å². The predicted octanol–water partition coefficient (Wildman–Crippen LogP) is 3.55. The second kappa shape index (κ2) is 8.26. The summed E-state index contributed by atoms with van der Waals surface area (Å²) in [7, 11) is -3.66. The first kappa shape index (κ1) is 20.9. The molecule has 1 amide bonds. The summed E-state index contributed by atoms with van der Waals surface area (Å²) in [6.45, 7) is 3.24. The number of nitrogens with zero attached hydrogens (tertiary/aromatic N) is 3. The summed E-state index contributed by atoms with van der Waals surface area (Å²) in [6, 6.07) is 15.8. The average Bonchev–Trinajstić information content (AvgIpc) is 3.00. The molecule has 0 aliphatic carbocycles. The summed E-state index contributed by atoms with van der Waals surface area (Å²) in [5, 5.41) is 7.68. The van der Waals surface area contributed by atoms with Crippen LogP contribution in [0.3, 0.4) is 0 Å². The van der Waals surface area contributed by atoms with Crippen LogP contribution in [0.25, 0.3) is 5.69 Å². The lowest BCUT2D eigenvalue weighted by molar-refractivity contribution is -0.114. The molecule has 9 heteroatoms. The quantitative estimate of drug-likeness (QED) is 0.645. The number of benzene rings is 2. The number of halogens is 1. The lowest BCUT2D eigenvalue weighted by Crippen LogP contribution is -2.38. The molecule has 0 unspecified atom stereocenters. The second-order valence-electron chi connectivity index (χ2n) is 6.67. The zero-order valence-electron chi connectivity index (χ0n) is 16.3. The number of hydrogen-bond acceptors (Lipinski definition) is 4. The Morgan fingerprint density at radius 1 is 1.14 bits per heavy atom. The van der Waals surface area contributed by atoms with Crippen molar-refractivity contribution in [2.24, 2.45) is 0 Å². The van der Waals surface area contributed by atoms with E-state index in [2.05, 4.69) is 10.4 Å². The molecule has 0 saturated carbocycles. The highest BCUT2D eigenvalue weighted by molar-refractivity contribution is 7.92. The molecule has 1 N–H and O–H groups in total. The van der Waals surface area contributed by atoms with Crippen LogP contribution in [0.2, 0.25) is 5.02 Å². The Kier molecular flexibility index (Phi) is 5.95. The molecule has 2 aromatic carbocycles. The molecular formula is C20H21ClN4O3S. The summed E-state index contributed by atoms with van der Waals surface area (Å²) < 4.78 is 27.3. The Hall–Kier alpha value is -2.84. The van der Waals surface area contributed by atoms with Gasteiger partial charge in [0.05, 0.1) is 23.3 Å². The van der Waals surface area contributed by atoms with E-state index in [1.54, 1.807) is 61.0 Å². The maximum atomic E-state index is 12.7. The monoisotopic (exact) mass is 432 g/mol. The van der Waals surface area contributed by atoms with E-state index in [1.165, 1.54) is 0 Å². The molecule has 0 fully saturated rings. The Balaban J connectivity index is 1.88. The van der Waals surface area contributed by atoms with Gasteiger partial charge in [0.1, 0.15) is 12.4 Å². The Bertz CT molecular complexity index is 1160. The van der Waals surface area contributed by atoms with E-state index >= 15 is 0 Å². The van der Waals surface area contributed by atoms with Crippen molar-refractivity contribution in [2.75, 3.05) is 22.4 Å². The molecule has 0 spiro atoms. The highest BCUT2D eigenvalue weighted by atomic mass is 35.5. The number of aryl methyl sites for hydroxylation is 2. The van der Waals surface area contributed by atoms with Crippen molar-refractivity contribution < 1.29 is 13.2 Å². The largest absolute Gasteiger partial charge is 0.309 e. The Labute approximate surface area is 175 Å². The van der Waals surface area contributed by atoms with Gasteiger partial charge in [-0.3, -0.25) is 9.10 Å². The minimum atomic E-state index is -3.66. The first-order valence-corrected chi connectivity index (χ1v) is 11.0. The molecule has 1 heterocycles. The summed E-state index contributed by atoms with van der Waals surface area (Å²) >= 11 is 6.06. The van der Waals surface area contributed by atoms with Crippen LogP contribution >= 0.6 is 11.6 Å². The molecule has 0 saturated heterocycles. The van der Waals surface area contributed by atoms with E-state index in [9.17, 15) is 13.2 Å². The number of amides is 1. The third-order valence-electron chi connectivity index (χ3n) is 4.22. The first-order valence-electron chi connectivity index (χ1n) is 8.81. The molecule has 152 valence electrons. The van der Waals surface area contributed by atoms with E-state index in [0.29, 0.717) is 27.9 Å². The molecule has 0 aliphatic heterocycles. The van der Waals surface area contributed by atoms with Crippen LogP contribution in [0.15, 0.2) is 54.6 Å². The van der Waals surface area contributed by atoms with Crippen LogP contribution in [0.4, 0.5) is 11.5 Å². The SMILES string of the molecule is Cc1cc(NC(=O)CN(c2ccccc2C)S(C)(=O)=O)n(-c2cccc(Cl)c2)n1. The topological polar surface area (TPSA) is 84.3 Å². The molecule has 0 bridgehead atoms. The normalized spacial score (nSPS) is 11.3. The van der Waals surface area contributed by atoms with E-state index in [1.807, 2.05) is 12.1 Å². The molecule has 0 atom stereocenters. The fourth-order valence-corrected chi connectivity index (χ4v) is 4.03. The van der Waals surface area contributed by atoms with Gasteiger partial charge in [-0.2, -0.15) is 5.10 Å². The van der Waals surface area contributed by atoms with E-state index < -0.39 is 15.9 Å². The van der Waals surface area contributed by atoms with Gasteiger partial charge in [0.2, 0.25) is 15.9 Å². The Morgan fingerprint density at radius 2 is 1.86 bits per heavy atom. The number of rotatable bonds is 6. The first-order chi connectivity index (χ1) is 13.6. The molecule has 0 radical (unpaired) electrons. The van der Waals surface area contributed by atoms with Crippen molar-refractivity contribution in [3.8, 4) is 5.69 Å². The molecule has 7 nitrogen and oxygen atoms in total. The predicted molar refractivity (Wildman–Crippen MR) is 115 cm³/mol. The van der Waals surface area contributed by atoms with Crippen LogP contribution in [0, 0.1) is 13.8 Å². The highest BCUT2D eigenvalue weighted by Crippen LogP contribution is 2.23. The summed E-state index contributed by atoms with van der Waals surface area (Å²) in [5.41, 5.74) is 2.59. The maximum Gasteiger partial charge on any atom is 0.246 e. The fraction of sp³-hybridized carbons (Fsp3) is 0.200. The van der Waals surface area contributed by atoms with Gasteiger partial charge in [0.15, 0.2) is 0 Å². The average molecular weight is 433 g/mol. The van der Waals surface area contributed by atoms with Crippen molar-refractivity contribution >= 4 is 39.0 Å². The van der Waals surface area contributed by atoms with Crippen LogP contribution in [0.1, 0.15) is 11.3 Å². The summed E-state index contributed by atoms with van der Waals surface area (Å²) in [4.78, 5) is 12.7. The third kappa shape index (κ3) is 4.96. The van der Waals surface area contributed by atoms with Gasteiger partial charge in [0.25, 0.3) is 0 Å². The molecule has 1 aromatic heterocycles. The van der Waals surface area contributed by atoms with Crippen molar-refractivity contribution in [2.45, 2.75) is 13.8 Å². The van der Waals surface area contributed by atoms with Crippen molar-refractivity contribution in [3.63, 3.8) is 0 Å². The molecular weight excluding hydrogens is 412 g/mol. The van der Waals surface area contributed by atoms with Gasteiger partial charge >= 0.3 is 0 Å². The zero-order chi connectivity index (χ0) is 21.2. The lowest BCUT2D eigenvalue weighted by Gasteiger charge is -2.23. The van der Waals surface area contributed by atoms with E-state index in [4.69, 9.17) is 11.6 Å². The van der Waals surface area contributed by atoms with Gasteiger partial charge in [-0.25, -0.2) is 13.1 Å². The van der Waals surface area contributed by atoms with Gasteiger partial charge in [0, 0.05) is 11.1 Å². The second-order valence-corrected chi connectivity index (χ2v) is 9.01. The smallest absolute Gasteiger partial charge is 0.246 e. The van der Waals surface area contributed by atoms with Gasteiger partial charge in [-0.1, -0.05) is 35.9 Å². The van der Waals surface area contributed by atoms with E-state index in [0.717, 1.165) is 16.1 Å². The summed E-state index contributed by atoms with van der Waals surface area (Å²) in [5.74, 6) is -0.0603. The number of anilines is 2. The number of nitrogens with one attached hydrogen (secondary N) is 1. The van der Waals surface area contributed by atoms with Crippen LogP contribution in [-0.2, 0) is 14.8 Å². The number of aromatic nitrogens is 2. The zero-order valence-corrected chi connectivity index (χ0v) is 17.8. The summed E-state index contributed by atoms with van der Waals surface area (Å²) in [6.07, 6.45) is 1.08. The van der Waals surface area contributed by atoms with Crippen molar-refractivity contribution in [1.82, 2.24) is 9.78 Å². The van der Waals surface area contributed by atoms with Crippen LogP contribution in [-0.4, -0.2) is 36.9 Å². The number of para-hydroxylation sites is 1. The van der Waals surface area contributed by atoms with Crippen LogP contribution in [0.5, 0.6) is 0 Å². The maximum absolute atomic E-state index is 12.7. The molecule has 0 aliphatic rings. The van der Waals surface area contributed by atoms with Crippen molar-refractivity contribution in [1.29, 1.82) is 0 Å². The number of hydrogen-bond donors (Lipinski definition) is 1. The number of carbonyl (C=O) groups is 1. The minimum absolute atomic E-state index is 0.358. The van der Waals surface area contributed by atoms with Gasteiger partial charge in [-0.05, 0) is 43.7 Å². The minimum Gasteiger partial charge on any atom is -0.309 e.